The van der Waals surface area contributed by atoms with Crippen molar-refractivity contribution in [2.24, 2.45) is 0 Å². The summed E-state index contributed by atoms with van der Waals surface area (Å²) in [5.74, 6) is 1.98. The van der Waals surface area contributed by atoms with Crippen LogP contribution in [0.15, 0.2) is 46.2 Å². The van der Waals surface area contributed by atoms with Crippen molar-refractivity contribution in [1.29, 1.82) is 0 Å². The van der Waals surface area contributed by atoms with Gasteiger partial charge in [0.15, 0.2) is 10.9 Å². The predicted octanol–water partition coefficient (Wildman–Crippen LogP) is 3.77. The van der Waals surface area contributed by atoms with Gasteiger partial charge in [0, 0.05) is 30.8 Å². The molecule has 2 aliphatic heterocycles. The highest BCUT2D eigenvalue weighted by Gasteiger charge is 2.22. The van der Waals surface area contributed by atoms with Gasteiger partial charge in [-0.05, 0) is 61.6 Å². The molecule has 2 aromatic heterocycles. The number of fused-ring (bicyclic) bond motifs is 1. The molecule has 9 heteroatoms. The van der Waals surface area contributed by atoms with E-state index in [0.717, 1.165) is 48.9 Å². The number of thioether (sulfide) groups is 1. The van der Waals surface area contributed by atoms with Gasteiger partial charge in [0.25, 0.3) is 0 Å². The fraction of sp³-hybridized carbons (Fsp3) is 0.391. The van der Waals surface area contributed by atoms with E-state index in [1.807, 2.05) is 28.8 Å². The number of carbonyl (C=O) groups excluding carboxylic acids is 2. The number of rotatable bonds is 7. The third kappa shape index (κ3) is 4.43. The molecule has 2 aliphatic rings. The van der Waals surface area contributed by atoms with Crippen molar-refractivity contribution in [2.45, 2.75) is 43.8 Å². The smallest absolute Gasteiger partial charge is 0.228 e. The number of furan rings is 1. The number of anilines is 2. The zero-order chi connectivity index (χ0) is 21.9. The molecule has 8 nitrogen and oxygen atoms in total. The Labute approximate surface area is 190 Å². The van der Waals surface area contributed by atoms with Gasteiger partial charge in [-0.3, -0.25) is 14.2 Å². The van der Waals surface area contributed by atoms with Crippen molar-refractivity contribution in [2.75, 3.05) is 29.1 Å². The van der Waals surface area contributed by atoms with E-state index in [1.54, 1.807) is 12.3 Å². The summed E-state index contributed by atoms with van der Waals surface area (Å²) in [5.41, 5.74) is 2.46. The van der Waals surface area contributed by atoms with Crippen molar-refractivity contribution in [3.05, 3.63) is 53.5 Å². The lowest BCUT2D eigenvalue weighted by Gasteiger charge is -2.27. The Kier molecular flexibility index (Phi) is 5.98. The minimum atomic E-state index is 0.0209. The second-order valence-electron chi connectivity index (χ2n) is 8.13. The minimum Gasteiger partial charge on any atom is -0.467 e. The standard InChI is InChI=1S/C23H25N5O3S/c29-20(17-6-8-19-16(13-17)7-9-21(30)24-19)15-32-23-26-25-22(27-10-2-1-3-11-27)28(23)14-18-5-4-12-31-18/h4-6,8,12-13H,1-3,7,9-11,14-15H2,(H,24,30). The van der Waals surface area contributed by atoms with E-state index in [1.165, 1.54) is 18.2 Å². The summed E-state index contributed by atoms with van der Waals surface area (Å²) in [6, 6.07) is 9.29. The number of ketones is 1. The van der Waals surface area contributed by atoms with Crippen LogP contribution in [-0.4, -0.2) is 45.3 Å². The number of aromatic nitrogens is 3. The van der Waals surface area contributed by atoms with Gasteiger partial charge in [-0.25, -0.2) is 0 Å². The minimum absolute atomic E-state index is 0.0209. The van der Waals surface area contributed by atoms with Gasteiger partial charge in [0.1, 0.15) is 5.76 Å². The summed E-state index contributed by atoms with van der Waals surface area (Å²) in [6.45, 7) is 2.46. The molecule has 1 N–H and O–H groups in total. The van der Waals surface area contributed by atoms with Crippen LogP contribution in [0.2, 0.25) is 0 Å². The molecule has 0 aliphatic carbocycles. The molecule has 3 aromatic rings. The second kappa shape index (κ2) is 9.20. The fourth-order valence-corrected chi connectivity index (χ4v) is 5.01. The van der Waals surface area contributed by atoms with Crippen LogP contribution in [0.3, 0.4) is 0 Å². The van der Waals surface area contributed by atoms with Crippen LogP contribution >= 0.6 is 11.8 Å². The first-order valence-electron chi connectivity index (χ1n) is 11.0. The molecule has 0 spiro atoms. The fourth-order valence-electron chi connectivity index (χ4n) is 4.18. The summed E-state index contributed by atoms with van der Waals surface area (Å²) in [6.07, 6.45) is 6.31. The van der Waals surface area contributed by atoms with Crippen molar-refractivity contribution >= 4 is 35.1 Å². The van der Waals surface area contributed by atoms with Gasteiger partial charge >= 0.3 is 0 Å². The number of Topliss-reactive ketones (excluding diaryl/α,β-unsaturated/α-hetero) is 1. The maximum Gasteiger partial charge on any atom is 0.228 e. The van der Waals surface area contributed by atoms with Crippen LogP contribution in [-0.2, 0) is 17.8 Å². The van der Waals surface area contributed by atoms with Crippen LogP contribution in [0, 0.1) is 0 Å². The summed E-state index contributed by atoms with van der Waals surface area (Å²) in [7, 11) is 0. The number of hydrogen-bond donors (Lipinski definition) is 1. The molecular weight excluding hydrogens is 426 g/mol. The van der Waals surface area contributed by atoms with Crippen molar-refractivity contribution < 1.29 is 14.0 Å². The molecule has 5 rings (SSSR count). The molecule has 0 saturated carbocycles. The number of nitrogens with one attached hydrogen (secondary N) is 1. The Hall–Kier alpha value is -3.07. The van der Waals surface area contributed by atoms with Crippen LogP contribution < -0.4 is 10.2 Å². The highest BCUT2D eigenvalue weighted by Crippen LogP contribution is 2.28. The summed E-state index contributed by atoms with van der Waals surface area (Å²) < 4.78 is 7.60. The average molecular weight is 452 g/mol. The van der Waals surface area contributed by atoms with Gasteiger partial charge in [-0.15, -0.1) is 10.2 Å². The van der Waals surface area contributed by atoms with Crippen LogP contribution in [0.1, 0.15) is 47.4 Å². The van der Waals surface area contributed by atoms with Crippen LogP contribution in [0.5, 0.6) is 0 Å². The number of nitrogens with zero attached hydrogens (tertiary/aromatic N) is 4. The first kappa shape index (κ1) is 20.8. The Morgan fingerprint density at radius 3 is 2.81 bits per heavy atom. The quantitative estimate of drug-likeness (QED) is 0.432. The molecule has 0 radical (unpaired) electrons. The second-order valence-corrected chi connectivity index (χ2v) is 9.07. The molecule has 1 saturated heterocycles. The first-order chi connectivity index (χ1) is 15.7. The van der Waals surface area contributed by atoms with E-state index in [4.69, 9.17) is 4.42 Å². The third-order valence-corrected chi connectivity index (χ3v) is 6.85. The van der Waals surface area contributed by atoms with Crippen molar-refractivity contribution in [3.8, 4) is 0 Å². The number of amides is 1. The third-order valence-electron chi connectivity index (χ3n) is 5.89. The lowest BCUT2D eigenvalue weighted by Crippen LogP contribution is -2.32. The van der Waals surface area contributed by atoms with E-state index in [2.05, 4.69) is 20.4 Å². The Morgan fingerprint density at radius 1 is 1.12 bits per heavy atom. The summed E-state index contributed by atoms with van der Waals surface area (Å²) in [4.78, 5) is 26.7. The van der Waals surface area contributed by atoms with Gasteiger partial charge < -0.3 is 14.6 Å². The molecule has 32 heavy (non-hydrogen) atoms. The first-order valence-corrected chi connectivity index (χ1v) is 12.0. The van der Waals surface area contributed by atoms with E-state index < -0.39 is 0 Å². The number of aryl methyl sites for hydroxylation is 1. The molecule has 1 fully saturated rings. The largest absolute Gasteiger partial charge is 0.467 e. The molecule has 4 heterocycles. The Balaban J connectivity index is 1.33. The molecule has 1 amide bonds. The molecule has 0 bridgehead atoms. The summed E-state index contributed by atoms with van der Waals surface area (Å²) >= 11 is 1.40. The van der Waals surface area contributed by atoms with E-state index in [9.17, 15) is 9.59 Å². The molecular formula is C23H25N5O3S. The Morgan fingerprint density at radius 2 is 2.00 bits per heavy atom. The van der Waals surface area contributed by atoms with Crippen molar-refractivity contribution in [3.63, 3.8) is 0 Å². The normalized spacial score (nSPS) is 16.0. The van der Waals surface area contributed by atoms with Gasteiger partial charge in [0.05, 0.1) is 18.6 Å². The molecule has 1 aromatic carbocycles. The van der Waals surface area contributed by atoms with Crippen LogP contribution in [0.4, 0.5) is 11.6 Å². The number of hydrogen-bond acceptors (Lipinski definition) is 7. The van der Waals surface area contributed by atoms with Gasteiger partial charge in [0.2, 0.25) is 11.9 Å². The zero-order valence-corrected chi connectivity index (χ0v) is 18.6. The number of benzene rings is 1. The number of piperidine rings is 1. The number of carbonyl (C=O) groups is 2. The molecule has 166 valence electrons. The summed E-state index contributed by atoms with van der Waals surface area (Å²) in [5, 5.41) is 12.4. The molecule has 0 atom stereocenters. The maximum atomic E-state index is 12.9. The van der Waals surface area contributed by atoms with Gasteiger partial charge in [-0.2, -0.15) is 0 Å². The lowest BCUT2D eigenvalue weighted by molar-refractivity contribution is -0.116. The highest BCUT2D eigenvalue weighted by atomic mass is 32.2. The average Bonchev–Trinajstić information content (AvgIpc) is 3.48. The van der Waals surface area contributed by atoms with E-state index >= 15 is 0 Å². The van der Waals surface area contributed by atoms with E-state index in [-0.39, 0.29) is 17.4 Å². The van der Waals surface area contributed by atoms with E-state index in [0.29, 0.717) is 30.1 Å². The maximum absolute atomic E-state index is 12.9. The van der Waals surface area contributed by atoms with Crippen LogP contribution in [0.25, 0.3) is 0 Å². The molecule has 0 unspecified atom stereocenters. The van der Waals surface area contributed by atoms with Crippen molar-refractivity contribution in [1.82, 2.24) is 14.8 Å². The van der Waals surface area contributed by atoms with Gasteiger partial charge in [-0.1, -0.05) is 11.8 Å². The monoisotopic (exact) mass is 451 g/mol. The lowest BCUT2D eigenvalue weighted by atomic mass is 9.99. The Bertz CT molecular complexity index is 1120. The topological polar surface area (TPSA) is 93.3 Å². The SMILES string of the molecule is O=C1CCc2cc(C(=O)CSc3nnc(N4CCCCC4)n3Cc3ccco3)ccc2N1. The highest BCUT2D eigenvalue weighted by molar-refractivity contribution is 7.99. The predicted molar refractivity (Wildman–Crippen MR) is 122 cm³/mol. The zero-order valence-electron chi connectivity index (χ0n) is 17.7.